The molecule has 1 aliphatic heterocycles. The Balaban J connectivity index is 2.63. The molecule has 7 nitrogen and oxygen atoms in total. The second-order valence-electron chi connectivity index (χ2n) is 4.22. The molecule has 0 aliphatic carbocycles. The zero-order valence-electron chi connectivity index (χ0n) is 9.56. The smallest absolute Gasteiger partial charge is 0.326 e. The lowest BCUT2D eigenvalue weighted by molar-refractivity contribution is -0.148. The van der Waals surface area contributed by atoms with E-state index in [4.69, 9.17) is 15.6 Å². The Hall–Kier alpha value is -1.63. The third-order valence-electron chi connectivity index (χ3n) is 2.71. The molecule has 2 unspecified atom stereocenters. The summed E-state index contributed by atoms with van der Waals surface area (Å²) >= 11 is 0. The summed E-state index contributed by atoms with van der Waals surface area (Å²) in [4.78, 5) is 33.3. The Morgan fingerprint density at radius 3 is 2.59 bits per heavy atom. The number of nitrogens with two attached hydrogens (primary N) is 1. The van der Waals surface area contributed by atoms with Gasteiger partial charge < -0.3 is 20.9 Å². The lowest BCUT2D eigenvalue weighted by Gasteiger charge is -2.24. The van der Waals surface area contributed by atoms with Crippen molar-refractivity contribution in [2.45, 2.75) is 37.8 Å². The molecule has 96 valence electrons. The van der Waals surface area contributed by atoms with Gasteiger partial charge in [-0.15, -0.1) is 0 Å². The van der Waals surface area contributed by atoms with Gasteiger partial charge in [0.15, 0.2) is 0 Å². The average Bonchev–Trinajstić information content (AvgIpc) is 2.64. The quantitative estimate of drug-likeness (QED) is 0.573. The number of carbonyl (C=O) groups is 3. The molecule has 1 fully saturated rings. The summed E-state index contributed by atoms with van der Waals surface area (Å²) in [7, 11) is 0. The molecule has 1 heterocycles. The fourth-order valence-electron chi connectivity index (χ4n) is 1.67. The normalized spacial score (nSPS) is 25.2. The average molecular weight is 244 g/mol. The highest BCUT2D eigenvalue weighted by Gasteiger charge is 2.39. The molecule has 17 heavy (non-hydrogen) atoms. The number of primary amides is 1. The minimum Gasteiger partial charge on any atom is -0.480 e. The monoisotopic (exact) mass is 244 g/mol. The van der Waals surface area contributed by atoms with Gasteiger partial charge in [0.2, 0.25) is 5.91 Å². The van der Waals surface area contributed by atoms with Crippen molar-refractivity contribution in [3.63, 3.8) is 0 Å². The van der Waals surface area contributed by atoms with Crippen molar-refractivity contribution in [2.24, 2.45) is 5.73 Å². The molecule has 2 atom stereocenters. The molecule has 7 heteroatoms. The summed E-state index contributed by atoms with van der Waals surface area (Å²) < 4.78 is 5.27. The second-order valence-corrected chi connectivity index (χ2v) is 4.22. The minimum atomic E-state index is -1.30. The van der Waals surface area contributed by atoms with Gasteiger partial charge in [-0.2, -0.15) is 0 Å². The minimum absolute atomic E-state index is 0.433. The predicted molar refractivity (Wildman–Crippen MR) is 57.0 cm³/mol. The van der Waals surface area contributed by atoms with E-state index < -0.39 is 35.8 Å². The van der Waals surface area contributed by atoms with Crippen molar-refractivity contribution in [2.75, 3.05) is 6.61 Å². The van der Waals surface area contributed by atoms with E-state index in [-0.39, 0.29) is 0 Å². The van der Waals surface area contributed by atoms with Gasteiger partial charge in [0.25, 0.3) is 5.91 Å². The van der Waals surface area contributed by atoms with Gasteiger partial charge in [-0.1, -0.05) is 0 Å². The molecule has 0 spiro atoms. The molecule has 0 radical (unpaired) electrons. The zero-order chi connectivity index (χ0) is 13.1. The van der Waals surface area contributed by atoms with Crippen molar-refractivity contribution in [1.29, 1.82) is 0 Å². The molecule has 1 saturated heterocycles. The largest absolute Gasteiger partial charge is 0.480 e. The Morgan fingerprint density at radius 2 is 2.18 bits per heavy atom. The van der Waals surface area contributed by atoms with Crippen LogP contribution in [-0.2, 0) is 19.1 Å². The van der Waals surface area contributed by atoms with Crippen LogP contribution in [0.4, 0.5) is 0 Å². The van der Waals surface area contributed by atoms with Crippen LogP contribution in [0, 0.1) is 0 Å². The van der Waals surface area contributed by atoms with Crippen LogP contribution < -0.4 is 11.1 Å². The molecular formula is C10H16N2O5. The standard InChI is InChI=1S/C10H16N2O5/c1-10(3-2-4-17-10)9(16)12-6(8(14)15)5-7(11)13/h6H,2-5H2,1H3,(H2,11,13)(H,12,16)(H,14,15). The number of carbonyl (C=O) groups excluding carboxylic acids is 2. The molecule has 0 saturated carbocycles. The van der Waals surface area contributed by atoms with E-state index in [0.29, 0.717) is 13.0 Å². The highest BCUT2D eigenvalue weighted by atomic mass is 16.5. The van der Waals surface area contributed by atoms with Crippen LogP contribution in [-0.4, -0.2) is 41.1 Å². The van der Waals surface area contributed by atoms with Gasteiger partial charge in [-0.05, 0) is 19.8 Å². The Bertz CT molecular complexity index is 336. The third-order valence-corrected chi connectivity index (χ3v) is 2.71. The number of ether oxygens (including phenoxy) is 1. The zero-order valence-corrected chi connectivity index (χ0v) is 9.56. The van der Waals surface area contributed by atoms with Gasteiger partial charge in [-0.25, -0.2) is 4.79 Å². The van der Waals surface area contributed by atoms with Crippen LogP contribution in [0.3, 0.4) is 0 Å². The predicted octanol–water partition coefficient (Wildman–Crippen LogP) is -1.000. The van der Waals surface area contributed by atoms with Gasteiger partial charge in [0.1, 0.15) is 11.6 Å². The van der Waals surface area contributed by atoms with Crippen molar-refractivity contribution in [3.05, 3.63) is 0 Å². The van der Waals surface area contributed by atoms with Crippen LogP contribution in [0.15, 0.2) is 0 Å². The first-order chi connectivity index (χ1) is 7.85. The van der Waals surface area contributed by atoms with E-state index in [1.807, 2.05) is 0 Å². The Morgan fingerprint density at radius 1 is 1.53 bits per heavy atom. The van der Waals surface area contributed by atoms with Gasteiger partial charge in [-0.3, -0.25) is 9.59 Å². The van der Waals surface area contributed by atoms with Crippen LogP contribution in [0.2, 0.25) is 0 Å². The van der Waals surface area contributed by atoms with Gasteiger partial charge >= 0.3 is 5.97 Å². The fraction of sp³-hybridized carbons (Fsp3) is 0.700. The Labute approximate surface area is 98.3 Å². The van der Waals surface area contributed by atoms with Gasteiger partial charge in [0, 0.05) is 6.61 Å². The number of amides is 2. The van der Waals surface area contributed by atoms with Crippen LogP contribution in [0.1, 0.15) is 26.2 Å². The maximum absolute atomic E-state index is 11.8. The summed E-state index contributed by atoms with van der Waals surface area (Å²) in [5.74, 6) is -2.60. The fourth-order valence-corrected chi connectivity index (χ4v) is 1.67. The molecule has 1 aliphatic rings. The lowest BCUT2D eigenvalue weighted by Crippen LogP contribution is -2.51. The van der Waals surface area contributed by atoms with Crippen molar-refractivity contribution in [1.82, 2.24) is 5.32 Å². The SMILES string of the molecule is CC1(C(=O)NC(CC(N)=O)C(=O)O)CCCO1. The first-order valence-corrected chi connectivity index (χ1v) is 5.31. The van der Waals surface area contributed by atoms with Crippen molar-refractivity contribution in [3.8, 4) is 0 Å². The number of carboxylic acid groups (broad SMARTS) is 1. The highest BCUT2D eigenvalue weighted by molar-refractivity contribution is 5.91. The number of rotatable bonds is 5. The summed E-state index contributed by atoms with van der Waals surface area (Å²) in [6, 6.07) is -1.30. The number of carboxylic acids is 1. The van der Waals surface area contributed by atoms with Crippen molar-refractivity contribution >= 4 is 17.8 Å². The number of hydrogen-bond donors (Lipinski definition) is 3. The first kappa shape index (κ1) is 13.4. The van der Waals surface area contributed by atoms with E-state index in [9.17, 15) is 14.4 Å². The maximum atomic E-state index is 11.8. The molecule has 0 aromatic rings. The van der Waals surface area contributed by atoms with Crippen molar-refractivity contribution < 1.29 is 24.2 Å². The van der Waals surface area contributed by atoms with E-state index in [0.717, 1.165) is 6.42 Å². The van der Waals surface area contributed by atoms with Gasteiger partial charge in [0.05, 0.1) is 6.42 Å². The van der Waals surface area contributed by atoms with Crippen LogP contribution >= 0.6 is 0 Å². The molecule has 0 bridgehead atoms. The maximum Gasteiger partial charge on any atom is 0.326 e. The Kier molecular flexibility index (Phi) is 4.06. The lowest BCUT2D eigenvalue weighted by atomic mass is 10.0. The summed E-state index contributed by atoms with van der Waals surface area (Å²) in [5.41, 5.74) is 3.90. The first-order valence-electron chi connectivity index (χ1n) is 5.31. The van der Waals surface area contributed by atoms with E-state index in [1.165, 1.54) is 0 Å². The van der Waals surface area contributed by atoms with E-state index >= 15 is 0 Å². The summed E-state index contributed by atoms with van der Waals surface area (Å²) in [5, 5.41) is 11.1. The van der Waals surface area contributed by atoms with E-state index in [1.54, 1.807) is 6.92 Å². The molecule has 1 rings (SSSR count). The third kappa shape index (κ3) is 3.42. The number of hydrogen-bond acceptors (Lipinski definition) is 4. The molecular weight excluding hydrogens is 228 g/mol. The topological polar surface area (TPSA) is 119 Å². The molecule has 0 aromatic carbocycles. The molecule has 2 amide bonds. The summed E-state index contributed by atoms with van der Waals surface area (Å²) in [6.07, 6.45) is 0.844. The molecule has 4 N–H and O–H groups in total. The number of nitrogens with one attached hydrogen (secondary N) is 1. The van der Waals surface area contributed by atoms with Crippen LogP contribution in [0.5, 0.6) is 0 Å². The highest BCUT2D eigenvalue weighted by Crippen LogP contribution is 2.25. The molecule has 0 aromatic heterocycles. The number of aliphatic carboxylic acids is 1. The van der Waals surface area contributed by atoms with E-state index in [2.05, 4.69) is 5.32 Å². The second kappa shape index (κ2) is 5.13. The summed E-state index contributed by atoms with van der Waals surface area (Å²) in [6.45, 7) is 2.07. The van der Waals surface area contributed by atoms with Crippen LogP contribution in [0.25, 0.3) is 0 Å².